The van der Waals surface area contributed by atoms with E-state index < -0.39 is 11.9 Å². The van der Waals surface area contributed by atoms with E-state index in [4.69, 9.17) is 0 Å². The second-order valence-electron chi connectivity index (χ2n) is 5.30. The molecule has 0 fully saturated rings. The molecule has 3 rings (SSSR count). The van der Waals surface area contributed by atoms with Crippen LogP contribution in [0.25, 0.3) is 10.8 Å². The van der Waals surface area contributed by atoms with Crippen molar-refractivity contribution < 1.29 is 19.8 Å². The highest BCUT2D eigenvalue weighted by atomic mass is 16.4. The van der Waals surface area contributed by atoms with E-state index in [9.17, 15) is 19.8 Å². The number of nitrogens with one attached hydrogen (secondary N) is 1. The normalized spacial score (nSPS) is 10.9. The van der Waals surface area contributed by atoms with Crippen molar-refractivity contribution >= 4 is 28.9 Å². The van der Waals surface area contributed by atoms with Crippen molar-refractivity contribution in [1.29, 1.82) is 0 Å². The molecule has 0 aliphatic heterocycles. The molecule has 6 nitrogen and oxygen atoms in total. The van der Waals surface area contributed by atoms with Gasteiger partial charge in [-0.2, -0.15) is 5.10 Å². The molecule has 0 aromatic heterocycles. The van der Waals surface area contributed by atoms with Crippen LogP contribution in [0.4, 0.5) is 0 Å². The number of fused-ring (bicyclic) bond motifs is 1. The molecule has 0 radical (unpaired) electrons. The van der Waals surface area contributed by atoms with E-state index in [1.165, 1.54) is 36.5 Å². The van der Waals surface area contributed by atoms with Crippen LogP contribution in [-0.4, -0.2) is 28.3 Å². The number of carbonyl (C=O) groups excluding carboxylic acids is 1. The Kier molecular flexibility index (Phi) is 4.43. The zero-order valence-corrected chi connectivity index (χ0v) is 13.0. The molecule has 0 saturated carbocycles. The van der Waals surface area contributed by atoms with Crippen LogP contribution in [-0.2, 0) is 0 Å². The minimum absolute atomic E-state index is 0.0741. The van der Waals surface area contributed by atoms with Crippen LogP contribution < -0.4 is 5.43 Å². The highest BCUT2D eigenvalue weighted by molar-refractivity contribution is 6.09. The van der Waals surface area contributed by atoms with Gasteiger partial charge in [0.25, 0.3) is 5.91 Å². The number of hydrogen-bond donors (Lipinski definition) is 3. The molecule has 1 amide bonds. The third-order valence-corrected chi connectivity index (χ3v) is 3.69. The van der Waals surface area contributed by atoms with E-state index in [0.717, 1.165) is 5.39 Å². The van der Waals surface area contributed by atoms with E-state index in [0.29, 0.717) is 16.5 Å². The zero-order valence-electron chi connectivity index (χ0n) is 13.0. The average molecular weight is 334 g/mol. The molecule has 6 heteroatoms. The number of aromatic hydroxyl groups is 1. The lowest BCUT2D eigenvalue weighted by molar-refractivity contribution is 0.0698. The molecular weight excluding hydrogens is 320 g/mol. The van der Waals surface area contributed by atoms with Crippen LogP contribution in [0.15, 0.2) is 65.8 Å². The third-order valence-electron chi connectivity index (χ3n) is 3.69. The maximum atomic E-state index is 12.0. The van der Waals surface area contributed by atoms with Gasteiger partial charge in [0.05, 0.1) is 11.8 Å². The van der Waals surface area contributed by atoms with Gasteiger partial charge in [-0.3, -0.25) is 4.79 Å². The van der Waals surface area contributed by atoms with Gasteiger partial charge in [0.2, 0.25) is 0 Å². The number of nitrogens with zero attached hydrogens (tertiary/aromatic N) is 1. The Morgan fingerprint density at radius 2 is 1.60 bits per heavy atom. The molecule has 25 heavy (non-hydrogen) atoms. The number of phenols is 1. The smallest absolute Gasteiger partial charge is 0.336 e. The Balaban J connectivity index is 1.84. The van der Waals surface area contributed by atoms with Crippen LogP contribution >= 0.6 is 0 Å². The summed E-state index contributed by atoms with van der Waals surface area (Å²) in [4.78, 5) is 23.3. The highest BCUT2D eigenvalue weighted by Crippen LogP contribution is 2.22. The van der Waals surface area contributed by atoms with E-state index in [-0.39, 0.29) is 11.3 Å². The third kappa shape index (κ3) is 3.48. The molecule has 3 N–H and O–H groups in total. The molecule has 124 valence electrons. The van der Waals surface area contributed by atoms with Gasteiger partial charge in [-0.1, -0.05) is 30.3 Å². The van der Waals surface area contributed by atoms with Gasteiger partial charge in [-0.05, 0) is 41.1 Å². The lowest BCUT2D eigenvalue weighted by Gasteiger charge is -2.06. The van der Waals surface area contributed by atoms with E-state index in [1.54, 1.807) is 30.3 Å². The Morgan fingerprint density at radius 1 is 0.920 bits per heavy atom. The van der Waals surface area contributed by atoms with E-state index in [1.807, 2.05) is 0 Å². The predicted octanol–water partition coefficient (Wildman–Crippen LogP) is 3.01. The van der Waals surface area contributed by atoms with Gasteiger partial charge in [0, 0.05) is 11.1 Å². The summed E-state index contributed by atoms with van der Waals surface area (Å²) < 4.78 is 0. The van der Waals surface area contributed by atoms with Crippen LogP contribution in [0.2, 0.25) is 0 Å². The van der Waals surface area contributed by atoms with Gasteiger partial charge >= 0.3 is 5.97 Å². The molecule has 0 spiro atoms. The quantitative estimate of drug-likeness (QED) is 0.504. The van der Waals surface area contributed by atoms with E-state index in [2.05, 4.69) is 10.5 Å². The van der Waals surface area contributed by atoms with Crippen molar-refractivity contribution in [2.45, 2.75) is 0 Å². The molecule has 0 saturated heterocycles. The summed E-state index contributed by atoms with van der Waals surface area (Å²) in [5, 5.41) is 23.7. The number of carboxylic acids is 1. The van der Waals surface area contributed by atoms with Crippen LogP contribution in [0.5, 0.6) is 5.75 Å². The summed E-state index contributed by atoms with van der Waals surface area (Å²) in [6, 6.07) is 16.0. The minimum atomic E-state index is -1.000. The number of carbonyl (C=O) groups is 2. The fourth-order valence-corrected chi connectivity index (χ4v) is 2.46. The maximum Gasteiger partial charge on any atom is 0.336 e. The van der Waals surface area contributed by atoms with Gasteiger partial charge < -0.3 is 10.2 Å². The number of phenolic OH excluding ortho intramolecular Hbond substituents is 1. The first-order valence-corrected chi connectivity index (χ1v) is 7.44. The molecular formula is C19H14N2O4. The van der Waals surface area contributed by atoms with Gasteiger partial charge in [0.15, 0.2) is 0 Å². The van der Waals surface area contributed by atoms with Crippen LogP contribution in [0.1, 0.15) is 26.3 Å². The number of hydrazone groups is 1. The van der Waals surface area contributed by atoms with Gasteiger partial charge in [-0.15, -0.1) is 0 Å². The number of benzene rings is 3. The number of rotatable bonds is 4. The second kappa shape index (κ2) is 6.84. The molecule has 0 atom stereocenters. The standard InChI is InChI=1S/C19H14N2O4/c22-14-8-5-12(6-9-14)18(23)21-20-11-13-7-10-17(19(24)25)16-4-2-1-3-15(13)16/h1-11,22H,(H,21,23)(H,24,25). The van der Waals surface area contributed by atoms with Crippen LogP contribution in [0.3, 0.4) is 0 Å². The Labute approximate surface area is 143 Å². The lowest BCUT2D eigenvalue weighted by atomic mass is 10.0. The number of carboxylic acid groups (broad SMARTS) is 1. The summed E-state index contributed by atoms with van der Waals surface area (Å²) in [5.74, 6) is -1.34. The lowest BCUT2D eigenvalue weighted by Crippen LogP contribution is -2.17. The molecule has 0 unspecified atom stereocenters. The van der Waals surface area contributed by atoms with Crippen molar-refractivity contribution in [2.75, 3.05) is 0 Å². The van der Waals surface area contributed by atoms with Crippen LogP contribution in [0, 0.1) is 0 Å². The SMILES string of the molecule is O=C(NN=Cc1ccc(C(=O)O)c2ccccc12)c1ccc(O)cc1. The Bertz CT molecular complexity index is 978. The maximum absolute atomic E-state index is 12.0. The highest BCUT2D eigenvalue weighted by Gasteiger charge is 2.10. The Morgan fingerprint density at radius 3 is 2.28 bits per heavy atom. The zero-order chi connectivity index (χ0) is 17.8. The molecule has 0 heterocycles. The monoisotopic (exact) mass is 334 g/mol. The topological polar surface area (TPSA) is 99.0 Å². The molecule has 0 aliphatic rings. The number of aromatic carboxylic acids is 1. The fraction of sp³-hybridized carbons (Fsp3) is 0. The number of hydrogen-bond acceptors (Lipinski definition) is 4. The molecule has 3 aromatic carbocycles. The molecule has 0 bridgehead atoms. The van der Waals surface area contributed by atoms with Crippen molar-refractivity contribution in [1.82, 2.24) is 5.43 Å². The minimum Gasteiger partial charge on any atom is -0.508 e. The predicted molar refractivity (Wildman–Crippen MR) is 94.1 cm³/mol. The summed E-state index contributed by atoms with van der Waals surface area (Å²) in [6.45, 7) is 0. The van der Waals surface area contributed by atoms with Gasteiger partial charge in [-0.25, -0.2) is 10.2 Å². The number of amides is 1. The average Bonchev–Trinajstić information content (AvgIpc) is 2.62. The fourth-order valence-electron chi connectivity index (χ4n) is 2.46. The van der Waals surface area contributed by atoms with Crippen molar-refractivity contribution in [2.24, 2.45) is 5.10 Å². The first-order valence-electron chi connectivity index (χ1n) is 7.44. The largest absolute Gasteiger partial charge is 0.508 e. The molecule has 3 aromatic rings. The Hall–Kier alpha value is -3.67. The summed E-state index contributed by atoms with van der Waals surface area (Å²) in [6.07, 6.45) is 1.46. The summed E-state index contributed by atoms with van der Waals surface area (Å²) >= 11 is 0. The first-order chi connectivity index (χ1) is 12.1. The van der Waals surface area contributed by atoms with E-state index >= 15 is 0 Å². The summed E-state index contributed by atoms with van der Waals surface area (Å²) in [7, 11) is 0. The first kappa shape index (κ1) is 16.2. The second-order valence-corrected chi connectivity index (χ2v) is 5.30. The van der Waals surface area contributed by atoms with Crippen molar-refractivity contribution in [3.8, 4) is 5.75 Å². The van der Waals surface area contributed by atoms with Gasteiger partial charge in [0.1, 0.15) is 5.75 Å². The molecule has 0 aliphatic carbocycles. The summed E-state index contributed by atoms with van der Waals surface area (Å²) in [5.41, 5.74) is 3.66. The van der Waals surface area contributed by atoms with Crippen molar-refractivity contribution in [3.05, 3.63) is 77.4 Å². The van der Waals surface area contributed by atoms with Crippen molar-refractivity contribution in [3.63, 3.8) is 0 Å².